The van der Waals surface area contributed by atoms with Gasteiger partial charge >= 0.3 is 12.0 Å². The van der Waals surface area contributed by atoms with Crippen molar-refractivity contribution >= 4 is 29.3 Å². The van der Waals surface area contributed by atoms with Crippen LogP contribution in [0.2, 0.25) is 5.02 Å². The molecule has 1 atom stereocenters. The summed E-state index contributed by atoms with van der Waals surface area (Å²) in [6.07, 6.45) is 0.291. The highest BCUT2D eigenvalue weighted by molar-refractivity contribution is 6.31. The van der Waals surface area contributed by atoms with E-state index in [0.29, 0.717) is 22.9 Å². The Morgan fingerprint density at radius 3 is 2.60 bits per heavy atom. The average Bonchev–Trinajstić information content (AvgIpc) is 2.39. The minimum atomic E-state index is -1.08. The standard InChI is InChI=1S/C13H17ClN2O4/c1-4-9(12(17)18)15-13(19)16-10-5-7(2)8(14)6-11(10)20-3/h5-6,9H,4H2,1-3H3,(H,17,18)(H2,15,16,19)/t9-/m0/s1. The highest BCUT2D eigenvalue weighted by Crippen LogP contribution is 2.30. The fourth-order valence-electron chi connectivity index (χ4n) is 1.58. The summed E-state index contributed by atoms with van der Waals surface area (Å²) >= 11 is 5.96. The number of aryl methyl sites for hydroxylation is 1. The maximum absolute atomic E-state index is 11.8. The largest absolute Gasteiger partial charge is 0.495 e. The molecular weight excluding hydrogens is 284 g/mol. The van der Waals surface area contributed by atoms with E-state index in [1.807, 2.05) is 0 Å². The Labute approximate surface area is 122 Å². The highest BCUT2D eigenvalue weighted by atomic mass is 35.5. The Morgan fingerprint density at radius 2 is 2.10 bits per heavy atom. The van der Waals surface area contributed by atoms with Crippen LogP contribution in [0, 0.1) is 6.92 Å². The lowest BCUT2D eigenvalue weighted by Gasteiger charge is -2.15. The van der Waals surface area contributed by atoms with Gasteiger partial charge in [-0.05, 0) is 25.0 Å². The van der Waals surface area contributed by atoms with Gasteiger partial charge in [0.15, 0.2) is 0 Å². The fraction of sp³-hybridized carbons (Fsp3) is 0.385. The number of carbonyl (C=O) groups is 2. The summed E-state index contributed by atoms with van der Waals surface area (Å²) in [5.74, 6) is -0.680. The number of halogens is 1. The molecule has 0 unspecified atom stereocenters. The van der Waals surface area contributed by atoms with Gasteiger partial charge in [0.25, 0.3) is 0 Å². The van der Waals surface area contributed by atoms with Crippen LogP contribution < -0.4 is 15.4 Å². The van der Waals surface area contributed by atoms with Crippen LogP contribution in [0.15, 0.2) is 12.1 Å². The zero-order chi connectivity index (χ0) is 15.3. The van der Waals surface area contributed by atoms with Crippen molar-refractivity contribution < 1.29 is 19.4 Å². The van der Waals surface area contributed by atoms with Gasteiger partial charge in [0, 0.05) is 11.1 Å². The molecular formula is C13H17ClN2O4. The summed E-state index contributed by atoms with van der Waals surface area (Å²) in [5.41, 5.74) is 1.19. The van der Waals surface area contributed by atoms with Crippen LogP contribution in [0.1, 0.15) is 18.9 Å². The Hall–Kier alpha value is -1.95. The SMILES string of the molecule is CC[C@H](NC(=O)Nc1cc(C)c(Cl)cc1OC)C(=O)O. The summed E-state index contributed by atoms with van der Waals surface area (Å²) in [6, 6.07) is 1.69. The minimum Gasteiger partial charge on any atom is -0.495 e. The molecule has 0 aliphatic carbocycles. The number of carboxylic acid groups (broad SMARTS) is 1. The average molecular weight is 301 g/mol. The molecule has 0 aliphatic rings. The van der Waals surface area contributed by atoms with Crippen molar-refractivity contribution in [2.24, 2.45) is 0 Å². The van der Waals surface area contributed by atoms with Crippen molar-refractivity contribution in [1.29, 1.82) is 0 Å². The molecule has 0 aromatic heterocycles. The molecule has 0 bridgehead atoms. The number of aliphatic carboxylic acids is 1. The zero-order valence-corrected chi connectivity index (χ0v) is 12.2. The van der Waals surface area contributed by atoms with Crippen LogP contribution in [-0.2, 0) is 4.79 Å². The van der Waals surface area contributed by atoms with Gasteiger partial charge in [0.1, 0.15) is 11.8 Å². The molecule has 1 rings (SSSR count). The van der Waals surface area contributed by atoms with Crippen molar-refractivity contribution in [3.8, 4) is 5.75 Å². The minimum absolute atomic E-state index is 0.291. The molecule has 7 heteroatoms. The van der Waals surface area contributed by atoms with E-state index in [2.05, 4.69) is 10.6 Å². The number of methoxy groups -OCH3 is 1. The van der Waals surface area contributed by atoms with E-state index in [-0.39, 0.29) is 0 Å². The summed E-state index contributed by atoms with van der Waals surface area (Å²) in [4.78, 5) is 22.6. The van der Waals surface area contributed by atoms with Crippen molar-refractivity contribution in [1.82, 2.24) is 5.32 Å². The van der Waals surface area contributed by atoms with E-state index >= 15 is 0 Å². The number of carboxylic acids is 1. The van der Waals surface area contributed by atoms with Crippen LogP contribution in [0.3, 0.4) is 0 Å². The number of carbonyl (C=O) groups excluding carboxylic acids is 1. The molecule has 6 nitrogen and oxygen atoms in total. The second-order valence-electron chi connectivity index (χ2n) is 4.20. The van der Waals surface area contributed by atoms with E-state index in [1.165, 1.54) is 7.11 Å². The Kier molecular flexibility index (Phi) is 5.64. The quantitative estimate of drug-likeness (QED) is 0.780. The van der Waals surface area contributed by atoms with Gasteiger partial charge in [-0.2, -0.15) is 0 Å². The van der Waals surface area contributed by atoms with Crippen LogP contribution >= 0.6 is 11.6 Å². The smallest absolute Gasteiger partial charge is 0.326 e. The van der Waals surface area contributed by atoms with Gasteiger partial charge in [-0.3, -0.25) is 0 Å². The molecule has 0 radical (unpaired) electrons. The normalized spacial score (nSPS) is 11.6. The summed E-state index contributed by atoms with van der Waals surface area (Å²) in [6.45, 7) is 3.46. The van der Waals surface area contributed by atoms with Crippen LogP contribution in [0.4, 0.5) is 10.5 Å². The fourth-order valence-corrected chi connectivity index (χ4v) is 1.74. The predicted molar refractivity (Wildman–Crippen MR) is 76.6 cm³/mol. The molecule has 20 heavy (non-hydrogen) atoms. The molecule has 2 amide bonds. The third-order valence-corrected chi connectivity index (χ3v) is 3.15. The van der Waals surface area contributed by atoms with E-state index < -0.39 is 18.0 Å². The van der Waals surface area contributed by atoms with Crippen molar-refractivity contribution in [2.75, 3.05) is 12.4 Å². The van der Waals surface area contributed by atoms with Crippen molar-refractivity contribution in [3.63, 3.8) is 0 Å². The highest BCUT2D eigenvalue weighted by Gasteiger charge is 2.18. The number of rotatable bonds is 5. The van der Waals surface area contributed by atoms with Crippen LogP contribution in [-0.4, -0.2) is 30.3 Å². The molecule has 1 aromatic carbocycles. The molecule has 110 valence electrons. The summed E-state index contributed by atoms with van der Waals surface area (Å²) in [5, 5.41) is 14.3. The molecule has 0 saturated heterocycles. The third kappa shape index (κ3) is 4.03. The zero-order valence-electron chi connectivity index (χ0n) is 11.5. The van der Waals surface area contributed by atoms with Gasteiger partial charge in [0.05, 0.1) is 12.8 Å². The Bertz CT molecular complexity index is 519. The molecule has 3 N–H and O–H groups in total. The van der Waals surface area contributed by atoms with Gasteiger partial charge in [-0.15, -0.1) is 0 Å². The molecule has 0 spiro atoms. The number of hydrogen-bond acceptors (Lipinski definition) is 3. The van der Waals surface area contributed by atoms with Crippen LogP contribution in [0.5, 0.6) is 5.75 Å². The first-order valence-corrected chi connectivity index (χ1v) is 6.41. The predicted octanol–water partition coefficient (Wildman–Crippen LogP) is 2.64. The first kappa shape index (κ1) is 16.1. The molecule has 0 heterocycles. The van der Waals surface area contributed by atoms with Crippen LogP contribution in [0.25, 0.3) is 0 Å². The first-order chi connectivity index (χ1) is 9.38. The van der Waals surface area contributed by atoms with Gasteiger partial charge < -0.3 is 20.5 Å². The number of anilines is 1. The van der Waals surface area contributed by atoms with Crippen molar-refractivity contribution in [3.05, 3.63) is 22.7 Å². The second kappa shape index (κ2) is 7.00. The lowest BCUT2D eigenvalue weighted by Crippen LogP contribution is -2.42. The molecule has 0 aliphatic heterocycles. The topological polar surface area (TPSA) is 87.7 Å². The lowest BCUT2D eigenvalue weighted by molar-refractivity contribution is -0.139. The number of hydrogen-bond donors (Lipinski definition) is 3. The Morgan fingerprint density at radius 1 is 1.45 bits per heavy atom. The number of urea groups is 1. The second-order valence-corrected chi connectivity index (χ2v) is 4.61. The lowest BCUT2D eigenvalue weighted by atomic mass is 10.2. The number of ether oxygens (including phenoxy) is 1. The third-order valence-electron chi connectivity index (χ3n) is 2.74. The number of benzene rings is 1. The maximum atomic E-state index is 11.8. The molecule has 0 fully saturated rings. The van der Waals surface area contributed by atoms with Crippen molar-refractivity contribution in [2.45, 2.75) is 26.3 Å². The first-order valence-electron chi connectivity index (χ1n) is 6.03. The Balaban J connectivity index is 2.85. The van der Waals surface area contributed by atoms with E-state index in [1.54, 1.807) is 26.0 Å². The van der Waals surface area contributed by atoms with Gasteiger partial charge in [-0.25, -0.2) is 9.59 Å². The van der Waals surface area contributed by atoms with E-state index in [0.717, 1.165) is 5.56 Å². The summed E-state index contributed by atoms with van der Waals surface area (Å²) < 4.78 is 5.12. The summed E-state index contributed by atoms with van der Waals surface area (Å²) in [7, 11) is 1.45. The van der Waals surface area contributed by atoms with Gasteiger partial charge in [0.2, 0.25) is 0 Å². The molecule has 0 saturated carbocycles. The van der Waals surface area contributed by atoms with E-state index in [9.17, 15) is 9.59 Å². The molecule has 1 aromatic rings. The monoisotopic (exact) mass is 300 g/mol. The number of amides is 2. The van der Waals surface area contributed by atoms with Gasteiger partial charge in [-0.1, -0.05) is 18.5 Å². The number of nitrogens with one attached hydrogen (secondary N) is 2. The maximum Gasteiger partial charge on any atom is 0.326 e. The van der Waals surface area contributed by atoms with E-state index in [4.69, 9.17) is 21.4 Å².